The summed E-state index contributed by atoms with van der Waals surface area (Å²) < 4.78 is 0. The van der Waals surface area contributed by atoms with Crippen molar-refractivity contribution in [2.24, 2.45) is 5.41 Å². The Kier molecular flexibility index (Phi) is 4.25. The molecule has 0 unspecified atom stereocenters. The summed E-state index contributed by atoms with van der Waals surface area (Å²) in [6.45, 7) is 3.30. The van der Waals surface area contributed by atoms with Crippen LogP contribution in [0.25, 0.3) is 0 Å². The summed E-state index contributed by atoms with van der Waals surface area (Å²) in [5, 5.41) is 3.21. The van der Waals surface area contributed by atoms with Crippen LogP contribution in [0.4, 0.5) is 5.82 Å². The highest BCUT2D eigenvalue weighted by Gasteiger charge is 2.35. The maximum atomic E-state index is 4.58. The topological polar surface area (TPSA) is 28.2 Å². The first-order valence-electron chi connectivity index (χ1n) is 8.16. The molecule has 2 aliphatic rings. The average Bonchev–Trinajstić information content (AvgIpc) is 2.50. The molecule has 0 bridgehead atoms. The Labute approximate surface area is 122 Å². The van der Waals surface area contributed by atoms with Crippen LogP contribution < -0.4 is 10.2 Å². The molecule has 3 rings (SSSR count). The highest BCUT2D eigenvalue weighted by molar-refractivity contribution is 5.41. The molecular formula is C17H27N3. The van der Waals surface area contributed by atoms with Crippen molar-refractivity contribution in [3.8, 4) is 0 Å². The lowest BCUT2D eigenvalue weighted by atomic mass is 9.68. The molecule has 2 fully saturated rings. The zero-order chi connectivity index (χ0) is 13.8. The van der Waals surface area contributed by atoms with Gasteiger partial charge >= 0.3 is 0 Å². The van der Waals surface area contributed by atoms with Crippen LogP contribution in [0.15, 0.2) is 18.3 Å². The van der Waals surface area contributed by atoms with Crippen LogP contribution in [0.2, 0.25) is 0 Å². The number of anilines is 1. The van der Waals surface area contributed by atoms with Gasteiger partial charge in [-0.25, -0.2) is 4.98 Å². The zero-order valence-electron chi connectivity index (χ0n) is 12.7. The number of nitrogens with one attached hydrogen (secondary N) is 1. The Morgan fingerprint density at radius 3 is 2.60 bits per heavy atom. The third-order valence-electron chi connectivity index (χ3n) is 5.25. The highest BCUT2D eigenvalue weighted by Crippen LogP contribution is 2.44. The molecule has 3 heteroatoms. The lowest BCUT2D eigenvalue weighted by molar-refractivity contribution is 0.144. The predicted octanol–water partition coefficient (Wildman–Crippen LogP) is 3.35. The van der Waals surface area contributed by atoms with Crippen molar-refractivity contribution in [1.29, 1.82) is 0 Å². The standard InChI is InChI=1S/C17H27N3/c1-18-14-15-5-10-19-16(13-15)20-11-8-17(9-12-20)6-3-2-4-7-17/h5,10,13,18H,2-4,6-9,11-12,14H2,1H3. The fourth-order valence-corrected chi connectivity index (χ4v) is 3.96. The minimum absolute atomic E-state index is 0.678. The largest absolute Gasteiger partial charge is 0.357 e. The Hall–Kier alpha value is -1.09. The van der Waals surface area contributed by atoms with E-state index in [1.54, 1.807) is 0 Å². The first-order chi connectivity index (χ1) is 9.81. The van der Waals surface area contributed by atoms with Gasteiger partial charge in [0, 0.05) is 25.8 Å². The Bertz CT molecular complexity index is 428. The lowest BCUT2D eigenvalue weighted by Gasteiger charge is -2.44. The molecule has 0 atom stereocenters. The van der Waals surface area contributed by atoms with E-state index in [1.165, 1.54) is 69.4 Å². The van der Waals surface area contributed by atoms with Gasteiger partial charge in [0.1, 0.15) is 5.82 Å². The quantitative estimate of drug-likeness (QED) is 0.915. The molecule has 20 heavy (non-hydrogen) atoms. The minimum atomic E-state index is 0.678. The third kappa shape index (κ3) is 2.98. The van der Waals surface area contributed by atoms with Crippen LogP contribution in [0, 0.1) is 5.41 Å². The number of aromatic nitrogens is 1. The van der Waals surface area contributed by atoms with E-state index < -0.39 is 0 Å². The fraction of sp³-hybridized carbons (Fsp3) is 0.706. The van der Waals surface area contributed by atoms with Gasteiger partial charge in [-0.05, 0) is 55.8 Å². The summed E-state index contributed by atoms with van der Waals surface area (Å²) in [5.74, 6) is 1.17. The van der Waals surface area contributed by atoms with Crippen LogP contribution in [-0.4, -0.2) is 25.1 Å². The molecule has 1 aliphatic carbocycles. The van der Waals surface area contributed by atoms with Gasteiger partial charge in [0.05, 0.1) is 0 Å². The summed E-state index contributed by atoms with van der Waals surface area (Å²) in [5.41, 5.74) is 2.01. The predicted molar refractivity (Wildman–Crippen MR) is 84.0 cm³/mol. The van der Waals surface area contributed by atoms with Crippen molar-refractivity contribution in [1.82, 2.24) is 10.3 Å². The summed E-state index contributed by atoms with van der Waals surface area (Å²) >= 11 is 0. The van der Waals surface area contributed by atoms with Crippen LogP contribution in [-0.2, 0) is 6.54 Å². The van der Waals surface area contributed by atoms with Crippen molar-refractivity contribution in [3.05, 3.63) is 23.9 Å². The fourth-order valence-electron chi connectivity index (χ4n) is 3.96. The van der Waals surface area contributed by atoms with Gasteiger partial charge in [-0.2, -0.15) is 0 Å². The van der Waals surface area contributed by atoms with Crippen molar-refractivity contribution in [2.45, 2.75) is 51.5 Å². The van der Waals surface area contributed by atoms with Gasteiger partial charge in [0.2, 0.25) is 0 Å². The summed E-state index contributed by atoms with van der Waals surface area (Å²) in [7, 11) is 1.99. The van der Waals surface area contributed by atoms with Crippen LogP contribution in [0.1, 0.15) is 50.5 Å². The SMILES string of the molecule is CNCc1ccnc(N2CCC3(CCCCC3)CC2)c1. The van der Waals surface area contributed by atoms with Gasteiger partial charge in [-0.15, -0.1) is 0 Å². The molecule has 0 aromatic carbocycles. The zero-order valence-corrected chi connectivity index (χ0v) is 12.7. The van der Waals surface area contributed by atoms with E-state index in [-0.39, 0.29) is 0 Å². The number of hydrogen-bond donors (Lipinski definition) is 1. The van der Waals surface area contributed by atoms with E-state index in [4.69, 9.17) is 0 Å². The third-order valence-corrected chi connectivity index (χ3v) is 5.25. The number of hydrogen-bond acceptors (Lipinski definition) is 3. The maximum Gasteiger partial charge on any atom is 0.128 e. The second-order valence-electron chi connectivity index (χ2n) is 6.60. The summed E-state index contributed by atoms with van der Waals surface area (Å²) in [6.07, 6.45) is 12.0. The Morgan fingerprint density at radius 1 is 1.15 bits per heavy atom. The van der Waals surface area contributed by atoms with E-state index in [1.807, 2.05) is 13.2 Å². The van der Waals surface area contributed by atoms with Gasteiger partial charge in [-0.1, -0.05) is 19.3 Å². The number of nitrogens with zero attached hydrogens (tertiary/aromatic N) is 2. The molecule has 1 spiro atoms. The molecule has 3 nitrogen and oxygen atoms in total. The van der Waals surface area contributed by atoms with Crippen LogP contribution in [0.3, 0.4) is 0 Å². The number of pyridine rings is 1. The molecule has 0 amide bonds. The van der Waals surface area contributed by atoms with Crippen molar-refractivity contribution < 1.29 is 0 Å². The molecule has 1 aliphatic heterocycles. The highest BCUT2D eigenvalue weighted by atomic mass is 15.2. The molecule has 1 saturated heterocycles. The molecule has 1 aromatic heterocycles. The van der Waals surface area contributed by atoms with Gasteiger partial charge in [0.25, 0.3) is 0 Å². The summed E-state index contributed by atoms with van der Waals surface area (Å²) in [6, 6.07) is 4.35. The monoisotopic (exact) mass is 273 g/mol. The number of piperidine rings is 1. The summed E-state index contributed by atoms with van der Waals surface area (Å²) in [4.78, 5) is 7.06. The van der Waals surface area contributed by atoms with E-state index in [2.05, 4.69) is 27.3 Å². The molecular weight excluding hydrogens is 246 g/mol. The van der Waals surface area contributed by atoms with E-state index in [0.29, 0.717) is 5.41 Å². The molecule has 0 radical (unpaired) electrons. The molecule has 1 N–H and O–H groups in total. The van der Waals surface area contributed by atoms with E-state index in [9.17, 15) is 0 Å². The van der Waals surface area contributed by atoms with Crippen molar-refractivity contribution in [2.75, 3.05) is 25.0 Å². The minimum Gasteiger partial charge on any atom is -0.357 e. The maximum absolute atomic E-state index is 4.58. The Balaban J connectivity index is 1.64. The van der Waals surface area contributed by atoms with Gasteiger partial charge in [0.15, 0.2) is 0 Å². The van der Waals surface area contributed by atoms with Gasteiger partial charge in [-0.3, -0.25) is 0 Å². The van der Waals surface area contributed by atoms with Crippen LogP contribution >= 0.6 is 0 Å². The van der Waals surface area contributed by atoms with E-state index >= 15 is 0 Å². The lowest BCUT2D eigenvalue weighted by Crippen LogP contribution is -2.41. The smallest absolute Gasteiger partial charge is 0.128 e. The normalized spacial score (nSPS) is 22.1. The first-order valence-corrected chi connectivity index (χ1v) is 8.16. The Morgan fingerprint density at radius 2 is 1.90 bits per heavy atom. The van der Waals surface area contributed by atoms with Crippen LogP contribution in [0.5, 0.6) is 0 Å². The molecule has 1 aromatic rings. The molecule has 1 saturated carbocycles. The first kappa shape index (κ1) is 13.9. The second-order valence-corrected chi connectivity index (χ2v) is 6.60. The molecule has 2 heterocycles. The number of rotatable bonds is 3. The van der Waals surface area contributed by atoms with E-state index in [0.717, 1.165) is 6.54 Å². The van der Waals surface area contributed by atoms with Crippen molar-refractivity contribution in [3.63, 3.8) is 0 Å². The van der Waals surface area contributed by atoms with Gasteiger partial charge < -0.3 is 10.2 Å². The van der Waals surface area contributed by atoms with Crippen molar-refractivity contribution >= 4 is 5.82 Å². The molecule has 110 valence electrons. The average molecular weight is 273 g/mol. The second kappa shape index (κ2) is 6.13.